The predicted molar refractivity (Wildman–Crippen MR) is 111 cm³/mol. The van der Waals surface area contributed by atoms with Gasteiger partial charge in [-0.15, -0.1) is 0 Å². The molecule has 0 spiro atoms. The molecule has 1 aromatic carbocycles. The van der Waals surface area contributed by atoms with Crippen molar-refractivity contribution < 1.29 is 0 Å². The number of nitrogen functional groups attached to an aromatic ring is 1. The minimum Gasteiger partial charge on any atom is -0.393 e. The van der Waals surface area contributed by atoms with Crippen LogP contribution in [0.2, 0.25) is 10.0 Å². The number of nitrogens with two attached hydrogens (primary N) is 1. The molecular weight excluding hydrogens is 381 g/mol. The Morgan fingerprint density at radius 2 is 1.59 bits per heavy atom. The highest BCUT2D eigenvalue weighted by Crippen LogP contribution is 2.56. The standard InChI is InChI=1S/C20H23Cl2N5/c21-14-1-2-16(15(22)6-14)26-18-17(23)19(25-10-24-18)27-20-7-11-3-12(8-20)5-13(4-11)9-20/h1-2,6,10-13H,3-5,7-9,23H2,(H2,24,25,26,27). The summed E-state index contributed by atoms with van der Waals surface area (Å²) in [5.74, 6) is 3.85. The summed E-state index contributed by atoms with van der Waals surface area (Å²) in [6.45, 7) is 0. The number of hydrogen-bond donors (Lipinski definition) is 3. The van der Waals surface area contributed by atoms with Crippen molar-refractivity contribution in [3.8, 4) is 0 Å². The molecular formula is C20H23Cl2N5. The molecule has 0 unspecified atom stereocenters. The lowest BCUT2D eigenvalue weighted by Crippen LogP contribution is -2.55. The van der Waals surface area contributed by atoms with E-state index in [1.54, 1.807) is 18.5 Å². The third-order valence-electron chi connectivity index (χ3n) is 6.49. The molecule has 0 aliphatic heterocycles. The SMILES string of the molecule is Nc1c(Nc2ccc(Cl)cc2Cl)ncnc1NC12CC3CC(CC(C3)C1)C2. The Hall–Kier alpha value is -1.72. The molecule has 4 aliphatic rings. The molecule has 4 aliphatic carbocycles. The highest BCUT2D eigenvalue weighted by molar-refractivity contribution is 6.36. The summed E-state index contributed by atoms with van der Waals surface area (Å²) < 4.78 is 0. The fraction of sp³-hybridized carbons (Fsp3) is 0.500. The van der Waals surface area contributed by atoms with Crippen LogP contribution in [-0.2, 0) is 0 Å². The number of nitrogens with one attached hydrogen (secondary N) is 2. The van der Waals surface area contributed by atoms with Gasteiger partial charge < -0.3 is 16.4 Å². The van der Waals surface area contributed by atoms with Gasteiger partial charge in [-0.25, -0.2) is 9.97 Å². The summed E-state index contributed by atoms with van der Waals surface area (Å²) in [5.41, 5.74) is 7.81. The number of nitrogens with zero attached hydrogens (tertiary/aromatic N) is 2. The average molecular weight is 404 g/mol. The third kappa shape index (κ3) is 3.21. The summed E-state index contributed by atoms with van der Waals surface area (Å²) in [4.78, 5) is 8.77. The monoisotopic (exact) mass is 403 g/mol. The molecule has 1 heterocycles. The molecule has 4 bridgehead atoms. The smallest absolute Gasteiger partial charge is 0.159 e. The molecule has 4 fully saturated rings. The van der Waals surface area contributed by atoms with Crippen molar-refractivity contribution in [2.45, 2.75) is 44.1 Å². The zero-order chi connectivity index (χ0) is 18.6. The van der Waals surface area contributed by atoms with Crippen molar-refractivity contribution in [3.05, 3.63) is 34.6 Å². The number of anilines is 4. The van der Waals surface area contributed by atoms with E-state index in [0.29, 0.717) is 27.2 Å². The van der Waals surface area contributed by atoms with E-state index in [1.165, 1.54) is 38.5 Å². The van der Waals surface area contributed by atoms with Gasteiger partial charge in [-0.1, -0.05) is 23.2 Å². The van der Waals surface area contributed by atoms with Crippen LogP contribution < -0.4 is 16.4 Å². The van der Waals surface area contributed by atoms with Crippen molar-refractivity contribution >= 4 is 46.2 Å². The molecule has 7 heteroatoms. The summed E-state index contributed by atoms with van der Waals surface area (Å²) >= 11 is 12.2. The molecule has 0 saturated heterocycles. The zero-order valence-electron chi connectivity index (χ0n) is 15.0. The maximum atomic E-state index is 6.42. The molecule has 4 saturated carbocycles. The van der Waals surface area contributed by atoms with Gasteiger partial charge in [0.25, 0.3) is 0 Å². The molecule has 0 radical (unpaired) electrons. The molecule has 5 nitrogen and oxygen atoms in total. The van der Waals surface area contributed by atoms with E-state index in [0.717, 1.165) is 23.6 Å². The zero-order valence-corrected chi connectivity index (χ0v) is 16.5. The Morgan fingerprint density at radius 3 is 2.22 bits per heavy atom. The quantitative estimate of drug-likeness (QED) is 0.628. The lowest BCUT2D eigenvalue weighted by Gasteiger charge is -2.57. The molecule has 6 rings (SSSR count). The van der Waals surface area contributed by atoms with Gasteiger partial charge in [0.05, 0.1) is 10.7 Å². The van der Waals surface area contributed by atoms with Gasteiger partial charge in [-0.05, 0) is 74.5 Å². The minimum absolute atomic E-state index is 0.145. The normalized spacial score (nSPS) is 31.1. The predicted octanol–water partition coefficient (Wildman–Crippen LogP) is 5.49. The van der Waals surface area contributed by atoms with Crippen molar-refractivity contribution in [1.29, 1.82) is 0 Å². The van der Waals surface area contributed by atoms with E-state index in [2.05, 4.69) is 20.6 Å². The molecule has 2 aromatic rings. The largest absolute Gasteiger partial charge is 0.393 e. The van der Waals surface area contributed by atoms with Crippen LogP contribution in [0, 0.1) is 17.8 Å². The van der Waals surface area contributed by atoms with E-state index >= 15 is 0 Å². The third-order valence-corrected chi connectivity index (χ3v) is 7.04. The van der Waals surface area contributed by atoms with E-state index in [1.807, 2.05) is 6.07 Å². The Morgan fingerprint density at radius 1 is 0.963 bits per heavy atom. The van der Waals surface area contributed by atoms with Crippen molar-refractivity contribution in [2.75, 3.05) is 16.4 Å². The summed E-state index contributed by atoms with van der Waals surface area (Å²) in [6.07, 6.45) is 9.45. The van der Waals surface area contributed by atoms with Gasteiger partial charge in [-0.2, -0.15) is 0 Å². The summed E-state index contributed by atoms with van der Waals surface area (Å²) in [6, 6.07) is 5.29. The first kappa shape index (κ1) is 17.4. The van der Waals surface area contributed by atoms with Gasteiger partial charge in [0, 0.05) is 10.6 Å². The van der Waals surface area contributed by atoms with E-state index < -0.39 is 0 Å². The highest BCUT2D eigenvalue weighted by Gasteiger charge is 2.51. The highest BCUT2D eigenvalue weighted by atomic mass is 35.5. The first-order valence-electron chi connectivity index (χ1n) is 9.60. The number of rotatable bonds is 4. The second-order valence-electron chi connectivity index (χ2n) is 8.56. The summed E-state index contributed by atoms with van der Waals surface area (Å²) in [7, 11) is 0. The molecule has 0 amide bonds. The van der Waals surface area contributed by atoms with E-state index in [9.17, 15) is 0 Å². The fourth-order valence-electron chi connectivity index (χ4n) is 5.83. The maximum Gasteiger partial charge on any atom is 0.159 e. The van der Waals surface area contributed by atoms with Crippen LogP contribution in [0.5, 0.6) is 0 Å². The molecule has 27 heavy (non-hydrogen) atoms. The number of aromatic nitrogens is 2. The Labute approximate surface area is 169 Å². The van der Waals surface area contributed by atoms with Crippen molar-refractivity contribution in [3.63, 3.8) is 0 Å². The molecule has 142 valence electrons. The van der Waals surface area contributed by atoms with Gasteiger partial charge in [0.2, 0.25) is 0 Å². The van der Waals surface area contributed by atoms with Crippen LogP contribution >= 0.6 is 23.2 Å². The van der Waals surface area contributed by atoms with E-state index in [-0.39, 0.29) is 5.54 Å². The van der Waals surface area contributed by atoms with E-state index in [4.69, 9.17) is 28.9 Å². The topological polar surface area (TPSA) is 75.9 Å². The lowest BCUT2D eigenvalue weighted by atomic mass is 9.53. The molecule has 1 aromatic heterocycles. The van der Waals surface area contributed by atoms with Crippen LogP contribution in [0.4, 0.5) is 23.0 Å². The number of halogens is 2. The van der Waals surface area contributed by atoms with Crippen LogP contribution in [-0.4, -0.2) is 15.5 Å². The van der Waals surface area contributed by atoms with Crippen LogP contribution in [0.1, 0.15) is 38.5 Å². The second-order valence-corrected chi connectivity index (χ2v) is 9.40. The Kier molecular flexibility index (Phi) is 4.13. The van der Waals surface area contributed by atoms with Gasteiger partial charge >= 0.3 is 0 Å². The molecule has 4 N–H and O–H groups in total. The van der Waals surface area contributed by atoms with Crippen molar-refractivity contribution in [2.24, 2.45) is 17.8 Å². The van der Waals surface area contributed by atoms with Gasteiger partial charge in [0.1, 0.15) is 12.0 Å². The Bertz CT molecular complexity index is 849. The molecule has 0 atom stereocenters. The number of hydrogen-bond acceptors (Lipinski definition) is 5. The Balaban J connectivity index is 1.40. The first-order chi connectivity index (χ1) is 13.0. The summed E-state index contributed by atoms with van der Waals surface area (Å²) in [5, 5.41) is 8.06. The van der Waals surface area contributed by atoms with Crippen LogP contribution in [0.15, 0.2) is 24.5 Å². The lowest BCUT2D eigenvalue weighted by molar-refractivity contribution is 0.0106. The van der Waals surface area contributed by atoms with Crippen LogP contribution in [0.3, 0.4) is 0 Å². The number of benzene rings is 1. The fourth-order valence-corrected chi connectivity index (χ4v) is 6.28. The second kappa shape index (κ2) is 6.42. The van der Waals surface area contributed by atoms with Gasteiger partial charge in [-0.3, -0.25) is 0 Å². The van der Waals surface area contributed by atoms with Gasteiger partial charge in [0.15, 0.2) is 11.6 Å². The minimum atomic E-state index is 0.145. The van der Waals surface area contributed by atoms with Crippen molar-refractivity contribution in [1.82, 2.24) is 9.97 Å². The average Bonchev–Trinajstić information content (AvgIpc) is 2.59. The van der Waals surface area contributed by atoms with Crippen LogP contribution in [0.25, 0.3) is 0 Å². The maximum absolute atomic E-state index is 6.42. The first-order valence-corrected chi connectivity index (χ1v) is 10.4.